The van der Waals surface area contributed by atoms with E-state index in [1.165, 1.54) is 16.8 Å². The van der Waals surface area contributed by atoms with Gasteiger partial charge < -0.3 is 19.9 Å². The van der Waals surface area contributed by atoms with E-state index in [1.807, 2.05) is 25.7 Å². The molecule has 1 amide bonds. The first-order valence-electron chi connectivity index (χ1n) is 10.2. The van der Waals surface area contributed by atoms with E-state index in [0.29, 0.717) is 13.1 Å². The highest BCUT2D eigenvalue weighted by Gasteiger charge is 2.26. The fourth-order valence-corrected chi connectivity index (χ4v) is 4.07. The Morgan fingerprint density at radius 3 is 2.36 bits per heavy atom. The van der Waals surface area contributed by atoms with Gasteiger partial charge in [0.05, 0.1) is 0 Å². The number of ether oxygens (including phenoxy) is 1. The van der Waals surface area contributed by atoms with Crippen molar-refractivity contribution in [3.8, 4) is 0 Å². The summed E-state index contributed by atoms with van der Waals surface area (Å²) in [6.07, 6.45) is -0.207. The Balaban J connectivity index is 1.62. The highest BCUT2D eigenvalue weighted by molar-refractivity contribution is 7.80. The first-order chi connectivity index (χ1) is 13.2. The van der Waals surface area contributed by atoms with E-state index >= 15 is 0 Å². The number of carbonyl (C=O) groups excluding carboxylic acids is 1. The summed E-state index contributed by atoms with van der Waals surface area (Å²) in [6, 6.07) is 4.37. The molecule has 7 heteroatoms. The van der Waals surface area contributed by atoms with Crippen LogP contribution in [0.3, 0.4) is 0 Å². The molecule has 0 saturated carbocycles. The third-order valence-corrected chi connectivity index (χ3v) is 5.61. The van der Waals surface area contributed by atoms with Crippen molar-refractivity contribution in [3.63, 3.8) is 0 Å². The van der Waals surface area contributed by atoms with Gasteiger partial charge in [0, 0.05) is 69.5 Å². The molecule has 0 spiro atoms. The van der Waals surface area contributed by atoms with Crippen molar-refractivity contribution in [1.82, 2.24) is 15.1 Å². The molecule has 2 aliphatic rings. The Kier molecular flexibility index (Phi) is 6.78. The van der Waals surface area contributed by atoms with Crippen molar-refractivity contribution in [1.29, 1.82) is 0 Å². The first-order valence-corrected chi connectivity index (χ1v) is 10.7. The van der Waals surface area contributed by atoms with Gasteiger partial charge in [0.1, 0.15) is 5.60 Å². The zero-order chi connectivity index (χ0) is 20.3. The van der Waals surface area contributed by atoms with Crippen LogP contribution in [0.4, 0.5) is 10.5 Å². The Hall–Kier alpha value is -1.44. The largest absolute Gasteiger partial charge is 0.444 e. The van der Waals surface area contributed by atoms with Gasteiger partial charge in [-0.15, -0.1) is 12.6 Å². The number of nitrogens with zero attached hydrogens (tertiary/aromatic N) is 3. The molecule has 6 nitrogen and oxygen atoms in total. The molecular weight excluding hydrogens is 372 g/mol. The van der Waals surface area contributed by atoms with Crippen LogP contribution in [0.15, 0.2) is 17.0 Å². The fourth-order valence-electron chi connectivity index (χ4n) is 3.80. The predicted molar refractivity (Wildman–Crippen MR) is 117 cm³/mol. The average molecular weight is 407 g/mol. The summed E-state index contributed by atoms with van der Waals surface area (Å²) in [7, 11) is 0. The molecule has 2 aliphatic heterocycles. The summed E-state index contributed by atoms with van der Waals surface area (Å²) >= 11 is 4.66. The lowest BCUT2D eigenvalue weighted by Gasteiger charge is -2.36. The van der Waals surface area contributed by atoms with E-state index in [4.69, 9.17) is 4.74 Å². The maximum Gasteiger partial charge on any atom is 0.410 e. The summed E-state index contributed by atoms with van der Waals surface area (Å²) in [5.41, 5.74) is 3.52. The lowest BCUT2D eigenvalue weighted by Crippen LogP contribution is -2.49. The zero-order valence-electron chi connectivity index (χ0n) is 17.6. The highest BCUT2D eigenvalue weighted by Crippen LogP contribution is 2.29. The summed E-state index contributed by atoms with van der Waals surface area (Å²) < 4.78 is 5.50. The van der Waals surface area contributed by atoms with Gasteiger partial charge in [-0.05, 0) is 51.0 Å². The van der Waals surface area contributed by atoms with Crippen LogP contribution in [0.2, 0.25) is 0 Å². The number of amides is 1. The molecule has 1 aromatic rings. The van der Waals surface area contributed by atoms with E-state index in [2.05, 4.69) is 46.8 Å². The van der Waals surface area contributed by atoms with Crippen LogP contribution in [0.1, 0.15) is 31.9 Å². The Labute approximate surface area is 174 Å². The molecule has 0 radical (unpaired) electrons. The first kappa shape index (κ1) is 21.3. The lowest BCUT2D eigenvalue weighted by atomic mass is 10.0. The molecule has 0 aromatic heterocycles. The van der Waals surface area contributed by atoms with Gasteiger partial charge in [0.25, 0.3) is 0 Å². The number of hydrogen-bond acceptors (Lipinski definition) is 6. The summed E-state index contributed by atoms with van der Waals surface area (Å²) in [6.45, 7) is 16.1. The molecule has 1 N–H and O–H groups in total. The Morgan fingerprint density at radius 2 is 1.75 bits per heavy atom. The summed E-state index contributed by atoms with van der Waals surface area (Å²) in [5, 5.41) is 3.41. The van der Waals surface area contributed by atoms with Crippen molar-refractivity contribution in [2.24, 2.45) is 0 Å². The lowest BCUT2D eigenvalue weighted by molar-refractivity contribution is 0.0139. The van der Waals surface area contributed by atoms with Crippen LogP contribution in [0.25, 0.3) is 0 Å². The maximum atomic E-state index is 12.3. The fraction of sp³-hybridized carbons (Fsp3) is 0.667. The quantitative estimate of drug-likeness (QED) is 0.756. The highest BCUT2D eigenvalue weighted by atomic mass is 32.1. The van der Waals surface area contributed by atoms with Gasteiger partial charge in [-0.25, -0.2) is 4.79 Å². The number of piperazine rings is 2. The van der Waals surface area contributed by atoms with Crippen molar-refractivity contribution in [3.05, 3.63) is 23.3 Å². The van der Waals surface area contributed by atoms with E-state index in [1.54, 1.807) is 0 Å². The molecule has 1 aromatic carbocycles. The number of nitrogens with one attached hydrogen (secondary N) is 1. The molecule has 156 valence electrons. The molecule has 0 unspecified atom stereocenters. The average Bonchev–Trinajstić information content (AvgIpc) is 2.64. The number of benzene rings is 1. The SMILES string of the molecule is Cc1c(CN2CCN(C(=O)OC(C)(C)C)CC2)cc(S)cc1N1CCNCC1. The van der Waals surface area contributed by atoms with Crippen molar-refractivity contribution in [2.75, 3.05) is 57.3 Å². The predicted octanol–water partition coefficient (Wildman–Crippen LogP) is 2.75. The second kappa shape index (κ2) is 8.93. The number of hydrogen-bond donors (Lipinski definition) is 2. The number of rotatable bonds is 3. The molecule has 3 rings (SSSR count). The smallest absolute Gasteiger partial charge is 0.410 e. The second-order valence-corrected chi connectivity index (χ2v) is 9.25. The van der Waals surface area contributed by atoms with E-state index in [-0.39, 0.29) is 6.09 Å². The molecule has 28 heavy (non-hydrogen) atoms. The molecule has 2 heterocycles. The third kappa shape index (κ3) is 5.55. The van der Waals surface area contributed by atoms with Crippen molar-refractivity contribution >= 4 is 24.4 Å². The minimum absolute atomic E-state index is 0.207. The normalized spacial score (nSPS) is 19.0. The van der Waals surface area contributed by atoms with Gasteiger partial charge in [0.15, 0.2) is 0 Å². The Bertz CT molecular complexity index is 690. The van der Waals surface area contributed by atoms with Crippen LogP contribution in [-0.4, -0.2) is 73.9 Å². The minimum atomic E-state index is -0.446. The molecule has 0 atom stereocenters. The molecule has 0 aliphatic carbocycles. The van der Waals surface area contributed by atoms with E-state index in [0.717, 1.165) is 50.7 Å². The van der Waals surface area contributed by atoms with E-state index in [9.17, 15) is 4.79 Å². The third-order valence-electron chi connectivity index (χ3n) is 5.35. The molecule has 2 fully saturated rings. The van der Waals surface area contributed by atoms with Gasteiger partial charge in [-0.2, -0.15) is 0 Å². The van der Waals surface area contributed by atoms with Crippen LogP contribution < -0.4 is 10.2 Å². The van der Waals surface area contributed by atoms with Gasteiger partial charge >= 0.3 is 6.09 Å². The van der Waals surface area contributed by atoms with Crippen molar-refractivity contribution < 1.29 is 9.53 Å². The maximum absolute atomic E-state index is 12.3. The van der Waals surface area contributed by atoms with Crippen LogP contribution >= 0.6 is 12.6 Å². The molecule has 0 bridgehead atoms. The topological polar surface area (TPSA) is 48.1 Å². The Morgan fingerprint density at radius 1 is 1.11 bits per heavy atom. The number of thiol groups is 1. The summed E-state index contributed by atoms with van der Waals surface area (Å²) in [4.78, 5) is 20.0. The minimum Gasteiger partial charge on any atom is -0.444 e. The zero-order valence-corrected chi connectivity index (χ0v) is 18.5. The van der Waals surface area contributed by atoms with Gasteiger partial charge in [-0.3, -0.25) is 4.90 Å². The molecule has 2 saturated heterocycles. The second-order valence-electron chi connectivity index (χ2n) is 8.73. The van der Waals surface area contributed by atoms with Crippen LogP contribution in [0, 0.1) is 6.92 Å². The number of anilines is 1. The van der Waals surface area contributed by atoms with Crippen molar-refractivity contribution in [2.45, 2.75) is 44.7 Å². The van der Waals surface area contributed by atoms with Crippen LogP contribution in [0.5, 0.6) is 0 Å². The molecular formula is C21H34N4O2S. The van der Waals surface area contributed by atoms with Gasteiger partial charge in [0.2, 0.25) is 0 Å². The van der Waals surface area contributed by atoms with Crippen LogP contribution in [-0.2, 0) is 11.3 Å². The monoisotopic (exact) mass is 406 g/mol. The standard InChI is InChI=1S/C21H34N4O2S/c1-16-17(13-18(28)14-19(16)24-7-5-22-6-8-24)15-23-9-11-25(12-10-23)20(26)27-21(2,3)4/h13-14,22,28H,5-12,15H2,1-4H3. The summed E-state index contributed by atoms with van der Waals surface area (Å²) in [5.74, 6) is 0. The van der Waals surface area contributed by atoms with Gasteiger partial charge in [-0.1, -0.05) is 0 Å². The number of carbonyl (C=O) groups is 1. The van der Waals surface area contributed by atoms with E-state index < -0.39 is 5.60 Å².